The molecule has 0 heterocycles. The molecule has 0 aromatic carbocycles. The molecule has 0 rings (SSSR count). The molecule has 1 atom stereocenters. The summed E-state index contributed by atoms with van der Waals surface area (Å²) in [5, 5.41) is 8.94. The van der Waals surface area contributed by atoms with Crippen molar-refractivity contribution in [2.24, 2.45) is 0 Å². The molecular weight excluding hydrogens is 104 g/mol. The van der Waals surface area contributed by atoms with E-state index in [1.54, 1.807) is 0 Å². The fourth-order valence-electron chi connectivity index (χ4n) is 0.573. The molecule has 0 spiro atoms. The van der Waals surface area contributed by atoms with Crippen molar-refractivity contribution in [3.8, 4) is 0 Å². The predicted molar refractivity (Wildman–Crippen MR) is 31.4 cm³/mol. The summed E-state index contributed by atoms with van der Waals surface area (Å²) in [6, 6.07) is 0. The molecule has 0 radical (unpaired) electrons. The van der Waals surface area contributed by atoms with Gasteiger partial charge in [-0.15, -0.1) is 0 Å². The Morgan fingerprint density at radius 2 is 2.12 bits per heavy atom. The van der Waals surface area contributed by atoms with Gasteiger partial charge in [0, 0.05) is 0 Å². The molecule has 3 nitrogen and oxygen atoms in total. The summed E-state index contributed by atoms with van der Waals surface area (Å²) < 4.78 is 0. The molecule has 0 saturated heterocycles. The third-order valence-electron chi connectivity index (χ3n) is 0.977. The largest absolute Gasteiger partial charge is 0.382 e. The van der Waals surface area contributed by atoms with Crippen LogP contribution in [0.15, 0.2) is 0 Å². The first-order valence-corrected chi connectivity index (χ1v) is 2.93. The standard InChI is InChI=1S/C5H14N2O/c1-7(2)4-5(8)3-6/h5,8H,3-4,6H2,1-2H3/p+2/t5-/m0/s1. The van der Waals surface area contributed by atoms with Crippen LogP contribution in [0.4, 0.5) is 0 Å². The zero-order chi connectivity index (χ0) is 6.57. The van der Waals surface area contributed by atoms with E-state index < -0.39 is 0 Å². The number of quaternary nitrogens is 2. The van der Waals surface area contributed by atoms with Gasteiger partial charge < -0.3 is 15.7 Å². The second-order valence-corrected chi connectivity index (χ2v) is 2.35. The maximum Gasteiger partial charge on any atom is 0.151 e. The summed E-state index contributed by atoms with van der Waals surface area (Å²) in [6.07, 6.45) is -0.222. The summed E-state index contributed by atoms with van der Waals surface area (Å²) in [5.74, 6) is 0. The second kappa shape index (κ2) is 3.83. The molecule has 0 bridgehead atoms. The van der Waals surface area contributed by atoms with Gasteiger partial charge in [-0.3, -0.25) is 0 Å². The van der Waals surface area contributed by atoms with Crippen LogP contribution in [0.5, 0.6) is 0 Å². The van der Waals surface area contributed by atoms with Crippen molar-refractivity contribution < 1.29 is 15.7 Å². The lowest BCUT2D eigenvalue weighted by atomic mass is 10.3. The van der Waals surface area contributed by atoms with Crippen molar-refractivity contribution in [1.82, 2.24) is 0 Å². The van der Waals surface area contributed by atoms with Crippen molar-refractivity contribution in [3.05, 3.63) is 0 Å². The van der Waals surface area contributed by atoms with Crippen LogP contribution >= 0.6 is 0 Å². The van der Waals surface area contributed by atoms with Crippen LogP contribution in [-0.2, 0) is 0 Å². The van der Waals surface area contributed by atoms with Gasteiger partial charge in [-0.25, -0.2) is 0 Å². The molecule has 5 N–H and O–H groups in total. The molecule has 0 unspecified atom stereocenters. The summed E-state index contributed by atoms with van der Waals surface area (Å²) in [5.41, 5.74) is 3.58. The lowest BCUT2D eigenvalue weighted by Crippen LogP contribution is -3.07. The van der Waals surface area contributed by atoms with Crippen molar-refractivity contribution in [3.63, 3.8) is 0 Å². The van der Waals surface area contributed by atoms with E-state index >= 15 is 0 Å². The molecule has 0 amide bonds. The van der Waals surface area contributed by atoms with E-state index in [2.05, 4.69) is 5.73 Å². The molecular formula is C5H16N2O+2. The van der Waals surface area contributed by atoms with Crippen LogP contribution in [0, 0.1) is 0 Å². The van der Waals surface area contributed by atoms with Gasteiger partial charge in [0.15, 0.2) is 6.10 Å². The highest BCUT2D eigenvalue weighted by Crippen LogP contribution is 1.64. The van der Waals surface area contributed by atoms with Crippen LogP contribution in [-0.4, -0.2) is 38.4 Å². The Hall–Kier alpha value is -0.120. The van der Waals surface area contributed by atoms with Crippen molar-refractivity contribution >= 4 is 0 Å². The smallest absolute Gasteiger partial charge is 0.151 e. The summed E-state index contributed by atoms with van der Waals surface area (Å²) in [4.78, 5) is 1.26. The normalized spacial score (nSPS) is 14.6. The number of hydrogen-bond donors (Lipinski definition) is 3. The predicted octanol–water partition coefficient (Wildman–Crippen LogP) is -3.27. The maximum absolute atomic E-state index is 8.94. The second-order valence-electron chi connectivity index (χ2n) is 2.35. The molecule has 0 aliphatic heterocycles. The minimum absolute atomic E-state index is 0.222. The third kappa shape index (κ3) is 4.05. The molecule has 0 fully saturated rings. The van der Waals surface area contributed by atoms with Gasteiger partial charge in [0.05, 0.1) is 14.1 Å². The first kappa shape index (κ1) is 7.88. The maximum atomic E-state index is 8.94. The van der Waals surface area contributed by atoms with Crippen LogP contribution < -0.4 is 10.6 Å². The topological polar surface area (TPSA) is 52.3 Å². The Labute approximate surface area is 50.1 Å². The van der Waals surface area contributed by atoms with Crippen LogP contribution in [0.1, 0.15) is 0 Å². The highest BCUT2D eigenvalue weighted by molar-refractivity contribution is 4.43. The number of aliphatic hydroxyl groups is 1. The van der Waals surface area contributed by atoms with Gasteiger partial charge >= 0.3 is 0 Å². The lowest BCUT2D eigenvalue weighted by Gasteiger charge is -2.08. The van der Waals surface area contributed by atoms with E-state index in [1.807, 2.05) is 14.1 Å². The number of aliphatic hydroxyl groups excluding tert-OH is 1. The number of likely N-dealkylation sites (N-methyl/N-ethyl adjacent to an activating group) is 1. The highest BCUT2D eigenvalue weighted by atomic mass is 16.3. The lowest BCUT2D eigenvalue weighted by molar-refractivity contribution is -0.862. The van der Waals surface area contributed by atoms with Gasteiger partial charge in [0.2, 0.25) is 0 Å². The summed E-state index contributed by atoms with van der Waals surface area (Å²) in [7, 11) is 4.03. The molecule has 8 heavy (non-hydrogen) atoms. The van der Waals surface area contributed by atoms with Crippen molar-refractivity contribution in [2.75, 3.05) is 27.2 Å². The highest BCUT2D eigenvalue weighted by Gasteiger charge is 2.05. The molecule has 0 saturated carbocycles. The average molecular weight is 120 g/mol. The SMILES string of the molecule is C[NH+](C)C[C@@H](O)C[NH3+]. The Kier molecular flexibility index (Phi) is 3.77. The molecule has 0 aliphatic rings. The monoisotopic (exact) mass is 120 g/mol. The van der Waals surface area contributed by atoms with E-state index in [1.165, 1.54) is 4.90 Å². The van der Waals surface area contributed by atoms with E-state index in [9.17, 15) is 0 Å². The Morgan fingerprint density at radius 3 is 2.25 bits per heavy atom. The van der Waals surface area contributed by atoms with Crippen LogP contribution in [0.25, 0.3) is 0 Å². The first-order chi connectivity index (χ1) is 3.66. The quantitative estimate of drug-likeness (QED) is 0.360. The third-order valence-corrected chi connectivity index (χ3v) is 0.977. The van der Waals surface area contributed by atoms with Gasteiger partial charge in [0.25, 0.3) is 0 Å². The number of nitrogens with one attached hydrogen (secondary N) is 1. The van der Waals surface area contributed by atoms with Gasteiger partial charge in [-0.1, -0.05) is 0 Å². The number of rotatable bonds is 3. The van der Waals surface area contributed by atoms with Gasteiger partial charge in [-0.2, -0.15) is 0 Å². The zero-order valence-corrected chi connectivity index (χ0v) is 5.65. The van der Waals surface area contributed by atoms with Crippen molar-refractivity contribution in [2.45, 2.75) is 6.10 Å². The molecule has 50 valence electrons. The molecule has 0 aromatic rings. The van der Waals surface area contributed by atoms with E-state index in [0.29, 0.717) is 6.54 Å². The fourth-order valence-corrected chi connectivity index (χ4v) is 0.573. The Bertz CT molecular complexity index is 56.4. The number of hydrogen-bond acceptors (Lipinski definition) is 1. The van der Waals surface area contributed by atoms with Crippen LogP contribution in [0.3, 0.4) is 0 Å². The van der Waals surface area contributed by atoms with Gasteiger partial charge in [-0.05, 0) is 0 Å². The minimum Gasteiger partial charge on any atom is -0.382 e. The Balaban J connectivity index is 3.10. The van der Waals surface area contributed by atoms with E-state index in [0.717, 1.165) is 6.54 Å². The minimum atomic E-state index is -0.222. The Morgan fingerprint density at radius 1 is 1.62 bits per heavy atom. The van der Waals surface area contributed by atoms with Crippen LogP contribution in [0.2, 0.25) is 0 Å². The summed E-state index contributed by atoms with van der Waals surface area (Å²) >= 11 is 0. The van der Waals surface area contributed by atoms with Crippen molar-refractivity contribution in [1.29, 1.82) is 0 Å². The first-order valence-electron chi connectivity index (χ1n) is 2.93. The average Bonchev–Trinajstić information content (AvgIpc) is 1.65. The fraction of sp³-hybridized carbons (Fsp3) is 1.00. The van der Waals surface area contributed by atoms with E-state index in [4.69, 9.17) is 5.11 Å². The molecule has 0 aromatic heterocycles. The van der Waals surface area contributed by atoms with E-state index in [-0.39, 0.29) is 6.10 Å². The zero-order valence-electron chi connectivity index (χ0n) is 5.65. The molecule has 3 heteroatoms. The van der Waals surface area contributed by atoms with Gasteiger partial charge in [0.1, 0.15) is 13.1 Å². The summed E-state index contributed by atoms with van der Waals surface area (Å²) in [6.45, 7) is 1.41. The molecule has 0 aliphatic carbocycles.